The third-order valence-corrected chi connectivity index (χ3v) is 3.87. The summed E-state index contributed by atoms with van der Waals surface area (Å²) in [4.78, 5) is 11.1. The summed E-state index contributed by atoms with van der Waals surface area (Å²) in [6.45, 7) is 3.09. The molecule has 1 aliphatic carbocycles. The van der Waals surface area contributed by atoms with Crippen LogP contribution < -0.4 is 11.1 Å². The van der Waals surface area contributed by atoms with Crippen molar-refractivity contribution in [2.24, 2.45) is 11.8 Å². The number of nitrogens with two attached hydrogens (primary N) is 1. The highest BCUT2D eigenvalue weighted by molar-refractivity contribution is 5.95. The average Bonchev–Trinajstić information content (AvgIpc) is 2.72. The number of hydrogen-bond acceptors (Lipinski definition) is 3. The predicted octanol–water partition coefficient (Wildman–Crippen LogP) is 2.82. The zero-order valence-electron chi connectivity index (χ0n) is 10.6. The Hall–Kier alpha value is -1.71. The summed E-state index contributed by atoms with van der Waals surface area (Å²) in [5.74, 6) is 0.428. The summed E-state index contributed by atoms with van der Waals surface area (Å²) in [5.41, 5.74) is 7.20. The summed E-state index contributed by atoms with van der Waals surface area (Å²) in [6.07, 6.45) is 3.77. The average molecular weight is 248 g/mol. The second kappa shape index (κ2) is 5.29. The van der Waals surface area contributed by atoms with Gasteiger partial charge in [0.1, 0.15) is 0 Å². The van der Waals surface area contributed by atoms with E-state index >= 15 is 0 Å². The van der Waals surface area contributed by atoms with Gasteiger partial charge >= 0.3 is 5.97 Å². The molecule has 1 aromatic carbocycles. The monoisotopic (exact) mass is 248 g/mol. The maximum absolute atomic E-state index is 11.1. The lowest BCUT2D eigenvalue weighted by molar-refractivity contribution is 0.0698. The fourth-order valence-corrected chi connectivity index (χ4v) is 2.66. The first-order valence-electron chi connectivity index (χ1n) is 6.44. The molecule has 0 bridgehead atoms. The molecular weight excluding hydrogens is 228 g/mol. The first-order chi connectivity index (χ1) is 8.58. The molecule has 1 fully saturated rings. The maximum atomic E-state index is 11.1. The van der Waals surface area contributed by atoms with Crippen molar-refractivity contribution in [3.8, 4) is 0 Å². The zero-order valence-corrected chi connectivity index (χ0v) is 10.6. The van der Waals surface area contributed by atoms with Crippen LogP contribution in [0.3, 0.4) is 0 Å². The number of aromatic carboxylic acids is 1. The number of carboxylic acid groups (broad SMARTS) is 1. The molecule has 4 N–H and O–H groups in total. The quantitative estimate of drug-likeness (QED) is 0.716. The Kier molecular flexibility index (Phi) is 3.75. The molecule has 98 valence electrons. The number of anilines is 2. The Bertz CT molecular complexity index is 445. The van der Waals surface area contributed by atoms with Crippen molar-refractivity contribution < 1.29 is 9.90 Å². The van der Waals surface area contributed by atoms with E-state index in [1.54, 1.807) is 18.2 Å². The van der Waals surface area contributed by atoms with Crippen LogP contribution in [-0.2, 0) is 0 Å². The van der Waals surface area contributed by atoms with Crippen molar-refractivity contribution in [2.45, 2.75) is 26.2 Å². The summed E-state index contributed by atoms with van der Waals surface area (Å²) >= 11 is 0. The van der Waals surface area contributed by atoms with Gasteiger partial charge < -0.3 is 16.2 Å². The molecule has 2 atom stereocenters. The fraction of sp³-hybridized carbons (Fsp3) is 0.500. The van der Waals surface area contributed by atoms with Crippen molar-refractivity contribution in [3.63, 3.8) is 0 Å². The van der Waals surface area contributed by atoms with E-state index in [0.717, 1.165) is 6.54 Å². The zero-order chi connectivity index (χ0) is 13.1. The molecule has 1 aliphatic rings. The normalized spacial score (nSPS) is 22.9. The molecule has 0 radical (unpaired) electrons. The van der Waals surface area contributed by atoms with Crippen molar-refractivity contribution >= 4 is 17.3 Å². The second-order valence-electron chi connectivity index (χ2n) is 5.16. The third kappa shape index (κ3) is 2.75. The van der Waals surface area contributed by atoms with Crippen LogP contribution in [0.4, 0.5) is 11.4 Å². The number of carbonyl (C=O) groups is 1. The van der Waals surface area contributed by atoms with Gasteiger partial charge in [0.05, 0.1) is 11.3 Å². The second-order valence-corrected chi connectivity index (χ2v) is 5.16. The Morgan fingerprint density at radius 3 is 2.89 bits per heavy atom. The molecule has 0 heterocycles. The molecule has 0 aromatic heterocycles. The van der Waals surface area contributed by atoms with Gasteiger partial charge in [0.2, 0.25) is 0 Å². The molecule has 18 heavy (non-hydrogen) atoms. The number of nitrogens with one attached hydrogen (secondary N) is 1. The Morgan fingerprint density at radius 2 is 2.28 bits per heavy atom. The van der Waals surface area contributed by atoms with Crippen molar-refractivity contribution in [1.82, 2.24) is 0 Å². The Labute approximate surface area is 107 Å². The number of nitrogen functional groups attached to an aromatic ring is 1. The largest absolute Gasteiger partial charge is 0.478 e. The van der Waals surface area contributed by atoms with Crippen LogP contribution in [0.5, 0.6) is 0 Å². The van der Waals surface area contributed by atoms with Crippen molar-refractivity contribution in [3.05, 3.63) is 23.8 Å². The van der Waals surface area contributed by atoms with E-state index in [4.69, 9.17) is 10.8 Å². The molecule has 4 heteroatoms. The van der Waals surface area contributed by atoms with Gasteiger partial charge in [-0.05, 0) is 36.5 Å². The highest BCUT2D eigenvalue weighted by atomic mass is 16.4. The van der Waals surface area contributed by atoms with Gasteiger partial charge in [-0.3, -0.25) is 0 Å². The van der Waals surface area contributed by atoms with Crippen molar-refractivity contribution in [2.75, 3.05) is 17.6 Å². The number of benzene rings is 1. The fourth-order valence-electron chi connectivity index (χ4n) is 2.66. The number of hydrogen-bond donors (Lipinski definition) is 3. The molecule has 0 aliphatic heterocycles. The highest BCUT2D eigenvalue weighted by Crippen LogP contribution is 2.31. The van der Waals surface area contributed by atoms with Gasteiger partial charge in [-0.15, -0.1) is 0 Å². The minimum Gasteiger partial charge on any atom is -0.478 e. The summed E-state index contributed by atoms with van der Waals surface area (Å²) < 4.78 is 0. The van der Waals surface area contributed by atoms with Crippen LogP contribution in [0.25, 0.3) is 0 Å². The first-order valence-corrected chi connectivity index (χ1v) is 6.44. The predicted molar refractivity (Wildman–Crippen MR) is 72.8 cm³/mol. The van der Waals surface area contributed by atoms with Crippen molar-refractivity contribution in [1.29, 1.82) is 0 Å². The van der Waals surface area contributed by atoms with Crippen LogP contribution >= 0.6 is 0 Å². The van der Waals surface area contributed by atoms with E-state index < -0.39 is 5.97 Å². The Balaban J connectivity index is 2.08. The van der Waals surface area contributed by atoms with Crippen LogP contribution in [-0.4, -0.2) is 17.6 Å². The topological polar surface area (TPSA) is 75.3 Å². The van der Waals surface area contributed by atoms with E-state index in [9.17, 15) is 4.79 Å². The SMILES string of the molecule is CC1CCCC1CNc1cc(N)ccc1C(=O)O. The van der Waals surface area contributed by atoms with Gasteiger partial charge in [0.15, 0.2) is 0 Å². The van der Waals surface area contributed by atoms with Gasteiger partial charge in [-0.2, -0.15) is 0 Å². The summed E-state index contributed by atoms with van der Waals surface area (Å²) in [5, 5.41) is 12.4. The van der Waals surface area contributed by atoms with Gasteiger partial charge in [0.25, 0.3) is 0 Å². The molecule has 0 amide bonds. The lowest BCUT2D eigenvalue weighted by Crippen LogP contribution is -2.18. The van der Waals surface area contributed by atoms with E-state index in [0.29, 0.717) is 23.2 Å². The molecule has 4 nitrogen and oxygen atoms in total. The molecule has 1 aromatic rings. The lowest BCUT2D eigenvalue weighted by Gasteiger charge is -2.18. The van der Waals surface area contributed by atoms with Gasteiger partial charge in [-0.25, -0.2) is 4.79 Å². The maximum Gasteiger partial charge on any atom is 0.337 e. The molecular formula is C14H20N2O2. The first kappa shape index (κ1) is 12.7. The smallest absolute Gasteiger partial charge is 0.337 e. The van der Waals surface area contributed by atoms with Crippen LogP contribution in [0, 0.1) is 11.8 Å². The minimum absolute atomic E-state index is 0.287. The lowest BCUT2D eigenvalue weighted by atomic mass is 9.98. The van der Waals surface area contributed by atoms with E-state index in [-0.39, 0.29) is 5.56 Å². The van der Waals surface area contributed by atoms with Gasteiger partial charge in [-0.1, -0.05) is 19.8 Å². The standard InChI is InChI=1S/C14H20N2O2/c1-9-3-2-4-10(9)8-16-13-7-11(15)5-6-12(13)14(17)18/h5-7,9-10,16H,2-4,8,15H2,1H3,(H,17,18). The summed E-state index contributed by atoms with van der Waals surface area (Å²) in [6, 6.07) is 4.87. The molecule has 0 saturated heterocycles. The third-order valence-electron chi connectivity index (χ3n) is 3.87. The minimum atomic E-state index is -0.919. The number of carboxylic acids is 1. The van der Waals surface area contributed by atoms with E-state index in [2.05, 4.69) is 12.2 Å². The molecule has 0 spiro atoms. The highest BCUT2D eigenvalue weighted by Gasteiger charge is 2.23. The molecule has 2 unspecified atom stereocenters. The molecule has 2 rings (SSSR count). The summed E-state index contributed by atoms with van der Waals surface area (Å²) in [7, 11) is 0. The number of rotatable bonds is 4. The van der Waals surface area contributed by atoms with Gasteiger partial charge in [0, 0.05) is 12.2 Å². The van der Waals surface area contributed by atoms with E-state index in [1.165, 1.54) is 19.3 Å². The van der Waals surface area contributed by atoms with Crippen LogP contribution in [0.1, 0.15) is 36.5 Å². The molecule has 1 saturated carbocycles. The van der Waals surface area contributed by atoms with Crippen LogP contribution in [0.15, 0.2) is 18.2 Å². The van der Waals surface area contributed by atoms with E-state index in [1.807, 2.05) is 0 Å². The Morgan fingerprint density at radius 1 is 1.50 bits per heavy atom. The van der Waals surface area contributed by atoms with Crippen LogP contribution in [0.2, 0.25) is 0 Å².